The molecule has 116 valence electrons. The van der Waals surface area contributed by atoms with Gasteiger partial charge in [0.05, 0.1) is 6.54 Å². The number of nitrogens with one attached hydrogen (secondary N) is 1. The Bertz CT molecular complexity index is 503. The van der Waals surface area contributed by atoms with E-state index in [1.807, 2.05) is 25.1 Å². The van der Waals surface area contributed by atoms with Crippen LogP contribution < -0.4 is 5.32 Å². The molecule has 0 fully saturated rings. The summed E-state index contributed by atoms with van der Waals surface area (Å²) in [5.41, 5.74) is 1.75. The van der Waals surface area contributed by atoms with Gasteiger partial charge in [-0.15, -0.1) is 0 Å². The summed E-state index contributed by atoms with van der Waals surface area (Å²) in [5, 5.41) is 2.84. The normalized spacial score (nSPS) is 10.3. The van der Waals surface area contributed by atoms with E-state index in [0.29, 0.717) is 6.42 Å². The molecule has 5 heteroatoms. The topological polar surface area (TPSA) is 49.4 Å². The molecule has 4 nitrogen and oxygen atoms in total. The Morgan fingerprint density at radius 2 is 2.00 bits per heavy atom. The molecule has 0 saturated heterocycles. The molecule has 0 spiro atoms. The van der Waals surface area contributed by atoms with Crippen LogP contribution in [0.1, 0.15) is 38.2 Å². The zero-order valence-corrected chi connectivity index (χ0v) is 14.5. The molecule has 0 aliphatic rings. The summed E-state index contributed by atoms with van der Waals surface area (Å²) in [5.74, 6) is -0.155. The Labute approximate surface area is 135 Å². The van der Waals surface area contributed by atoms with E-state index in [-0.39, 0.29) is 18.4 Å². The van der Waals surface area contributed by atoms with Crippen LogP contribution in [0.15, 0.2) is 22.7 Å². The van der Waals surface area contributed by atoms with Gasteiger partial charge in [0.25, 0.3) is 0 Å². The fourth-order valence-corrected chi connectivity index (χ4v) is 2.45. The minimum atomic E-state index is -0.174. The summed E-state index contributed by atoms with van der Waals surface area (Å²) in [6.45, 7) is 4.11. The molecular formula is C16H23BrN2O2. The highest BCUT2D eigenvalue weighted by Gasteiger charge is 2.13. The van der Waals surface area contributed by atoms with E-state index in [0.717, 1.165) is 35.0 Å². The Hall–Kier alpha value is -1.36. The van der Waals surface area contributed by atoms with Crippen molar-refractivity contribution in [3.63, 3.8) is 0 Å². The number of nitrogens with zero attached hydrogens (tertiary/aromatic N) is 1. The van der Waals surface area contributed by atoms with Gasteiger partial charge in [0.15, 0.2) is 0 Å². The van der Waals surface area contributed by atoms with Crippen LogP contribution in [0.2, 0.25) is 0 Å². The quantitative estimate of drug-likeness (QED) is 0.758. The molecule has 0 aliphatic heterocycles. The summed E-state index contributed by atoms with van der Waals surface area (Å²) >= 11 is 3.39. The molecule has 0 unspecified atom stereocenters. The van der Waals surface area contributed by atoms with Crippen LogP contribution in [0.5, 0.6) is 0 Å². The van der Waals surface area contributed by atoms with Crippen LogP contribution in [-0.4, -0.2) is 30.3 Å². The minimum absolute atomic E-state index is 0.0196. The van der Waals surface area contributed by atoms with Crippen molar-refractivity contribution in [2.75, 3.05) is 18.9 Å². The van der Waals surface area contributed by atoms with Crippen molar-refractivity contribution >= 4 is 33.4 Å². The zero-order chi connectivity index (χ0) is 15.8. The van der Waals surface area contributed by atoms with Crippen LogP contribution in [-0.2, 0) is 9.59 Å². The van der Waals surface area contributed by atoms with Crippen LogP contribution in [0.3, 0.4) is 0 Å². The summed E-state index contributed by atoms with van der Waals surface area (Å²) in [6, 6.07) is 5.66. The number of anilines is 1. The molecule has 0 heterocycles. The van der Waals surface area contributed by atoms with E-state index in [2.05, 4.69) is 28.2 Å². The highest BCUT2D eigenvalue weighted by molar-refractivity contribution is 9.10. The Kier molecular flexibility index (Phi) is 7.43. The Morgan fingerprint density at radius 1 is 1.29 bits per heavy atom. The monoisotopic (exact) mass is 354 g/mol. The van der Waals surface area contributed by atoms with Gasteiger partial charge in [0.2, 0.25) is 11.8 Å². The van der Waals surface area contributed by atoms with Gasteiger partial charge in [-0.3, -0.25) is 9.59 Å². The molecule has 1 rings (SSSR count). The van der Waals surface area contributed by atoms with Gasteiger partial charge < -0.3 is 10.2 Å². The SMILES string of the molecule is CCCCCC(=O)N(C)CC(=O)Nc1ccc(Br)cc1C. The maximum absolute atomic E-state index is 12.0. The third-order valence-electron chi connectivity index (χ3n) is 3.26. The number of unbranched alkanes of at least 4 members (excludes halogenated alkanes) is 2. The van der Waals surface area contributed by atoms with Crippen molar-refractivity contribution in [1.82, 2.24) is 4.90 Å². The largest absolute Gasteiger partial charge is 0.336 e. The highest BCUT2D eigenvalue weighted by atomic mass is 79.9. The molecule has 2 amide bonds. The molecule has 0 bridgehead atoms. The lowest BCUT2D eigenvalue weighted by Gasteiger charge is -2.17. The molecular weight excluding hydrogens is 332 g/mol. The standard InChI is InChI=1S/C16H23BrN2O2/c1-4-5-6-7-16(21)19(3)11-15(20)18-14-9-8-13(17)10-12(14)2/h8-10H,4-7,11H2,1-3H3,(H,18,20). The van der Waals surface area contributed by atoms with Gasteiger partial charge in [-0.25, -0.2) is 0 Å². The fraction of sp³-hybridized carbons (Fsp3) is 0.500. The lowest BCUT2D eigenvalue weighted by atomic mass is 10.2. The highest BCUT2D eigenvalue weighted by Crippen LogP contribution is 2.19. The first kappa shape index (κ1) is 17.7. The van der Waals surface area contributed by atoms with Crippen molar-refractivity contribution in [1.29, 1.82) is 0 Å². The molecule has 0 saturated carbocycles. The number of amides is 2. The summed E-state index contributed by atoms with van der Waals surface area (Å²) in [6.07, 6.45) is 3.52. The average molecular weight is 355 g/mol. The second-order valence-corrected chi connectivity index (χ2v) is 6.13. The first-order valence-corrected chi connectivity index (χ1v) is 8.03. The maximum Gasteiger partial charge on any atom is 0.243 e. The van der Waals surface area contributed by atoms with Gasteiger partial charge in [0.1, 0.15) is 0 Å². The van der Waals surface area contributed by atoms with E-state index >= 15 is 0 Å². The van der Waals surface area contributed by atoms with Crippen molar-refractivity contribution in [3.8, 4) is 0 Å². The first-order chi connectivity index (χ1) is 9.93. The summed E-state index contributed by atoms with van der Waals surface area (Å²) in [4.78, 5) is 25.3. The van der Waals surface area contributed by atoms with Gasteiger partial charge in [-0.2, -0.15) is 0 Å². The van der Waals surface area contributed by atoms with Gasteiger partial charge >= 0.3 is 0 Å². The van der Waals surface area contributed by atoms with Gasteiger partial charge in [0, 0.05) is 23.6 Å². The molecule has 1 N–H and O–H groups in total. The number of likely N-dealkylation sites (N-methyl/N-ethyl adjacent to an activating group) is 1. The smallest absolute Gasteiger partial charge is 0.243 e. The van der Waals surface area contributed by atoms with Crippen LogP contribution in [0, 0.1) is 6.92 Å². The average Bonchev–Trinajstić information content (AvgIpc) is 2.42. The number of hydrogen-bond donors (Lipinski definition) is 1. The minimum Gasteiger partial charge on any atom is -0.336 e. The number of halogens is 1. The maximum atomic E-state index is 12.0. The molecule has 1 aromatic rings. The van der Waals surface area contributed by atoms with Crippen LogP contribution in [0.4, 0.5) is 5.69 Å². The third kappa shape index (κ3) is 6.29. The number of hydrogen-bond acceptors (Lipinski definition) is 2. The van der Waals surface area contributed by atoms with E-state index in [1.54, 1.807) is 7.05 Å². The molecule has 0 aliphatic carbocycles. The molecule has 0 aromatic heterocycles. The van der Waals surface area contributed by atoms with E-state index in [4.69, 9.17) is 0 Å². The molecule has 1 aromatic carbocycles. The second-order valence-electron chi connectivity index (χ2n) is 5.21. The summed E-state index contributed by atoms with van der Waals surface area (Å²) in [7, 11) is 1.67. The predicted octanol–water partition coefficient (Wildman–Crippen LogP) is 3.73. The predicted molar refractivity (Wildman–Crippen MR) is 89.3 cm³/mol. The van der Waals surface area contributed by atoms with E-state index in [9.17, 15) is 9.59 Å². The molecule has 21 heavy (non-hydrogen) atoms. The number of carbonyl (C=O) groups is 2. The third-order valence-corrected chi connectivity index (χ3v) is 3.76. The van der Waals surface area contributed by atoms with Crippen molar-refractivity contribution in [2.45, 2.75) is 39.5 Å². The van der Waals surface area contributed by atoms with Gasteiger partial charge in [-0.05, 0) is 37.1 Å². The lowest BCUT2D eigenvalue weighted by Crippen LogP contribution is -2.34. The number of rotatable bonds is 7. The molecule has 0 atom stereocenters. The van der Waals surface area contributed by atoms with Crippen LogP contribution >= 0.6 is 15.9 Å². The Morgan fingerprint density at radius 3 is 2.62 bits per heavy atom. The molecule has 0 radical (unpaired) electrons. The fourth-order valence-electron chi connectivity index (χ4n) is 1.98. The lowest BCUT2D eigenvalue weighted by molar-refractivity contribution is -0.133. The summed E-state index contributed by atoms with van der Waals surface area (Å²) < 4.78 is 0.973. The second kappa shape index (κ2) is 8.82. The van der Waals surface area contributed by atoms with Crippen molar-refractivity contribution in [3.05, 3.63) is 28.2 Å². The van der Waals surface area contributed by atoms with Gasteiger partial charge in [-0.1, -0.05) is 35.7 Å². The first-order valence-electron chi connectivity index (χ1n) is 7.24. The van der Waals surface area contributed by atoms with Crippen molar-refractivity contribution in [2.24, 2.45) is 0 Å². The zero-order valence-electron chi connectivity index (χ0n) is 12.9. The number of aryl methyl sites for hydroxylation is 1. The number of carbonyl (C=O) groups excluding carboxylic acids is 2. The van der Waals surface area contributed by atoms with Crippen LogP contribution in [0.25, 0.3) is 0 Å². The van der Waals surface area contributed by atoms with E-state index < -0.39 is 0 Å². The van der Waals surface area contributed by atoms with Crippen molar-refractivity contribution < 1.29 is 9.59 Å². The number of benzene rings is 1. The van der Waals surface area contributed by atoms with E-state index in [1.165, 1.54) is 4.90 Å². The Balaban J connectivity index is 2.47.